The molecule has 4 bridgehead atoms. The van der Waals surface area contributed by atoms with Crippen LogP contribution in [0.25, 0.3) is 0 Å². The third kappa shape index (κ3) is 2.60. The molecule has 2 unspecified atom stereocenters. The van der Waals surface area contributed by atoms with Gasteiger partial charge in [0.15, 0.2) is 0 Å². The Kier molecular flexibility index (Phi) is 3.58. The summed E-state index contributed by atoms with van der Waals surface area (Å²) in [6.07, 6.45) is 7.02. The minimum Gasteiger partial charge on any atom is -0.352 e. The monoisotopic (exact) mass is 381 g/mol. The zero-order valence-corrected chi connectivity index (χ0v) is 14.9. The molecule has 5 rings (SSSR count). The van der Waals surface area contributed by atoms with Crippen LogP contribution in [0.4, 0.5) is 0 Å². The first-order valence-electron chi connectivity index (χ1n) is 8.18. The number of nitrogens with one attached hydrogen (secondary N) is 1. The van der Waals surface area contributed by atoms with Crippen molar-refractivity contribution in [2.45, 2.75) is 49.4 Å². The summed E-state index contributed by atoms with van der Waals surface area (Å²) < 4.78 is 0.227. The van der Waals surface area contributed by atoms with E-state index in [0.29, 0.717) is 6.54 Å². The van der Waals surface area contributed by atoms with Gasteiger partial charge in [0, 0.05) is 15.9 Å². The maximum atomic E-state index is 12.9. The molecule has 1 N–H and O–H groups in total. The Balaban J connectivity index is 1.48. The summed E-state index contributed by atoms with van der Waals surface area (Å²) in [6, 6.07) is 7.73. The predicted octanol–water partition coefficient (Wildman–Crippen LogP) is 4.69. The molecular weight excluding hydrogens is 362 g/mol. The molecule has 22 heavy (non-hydrogen) atoms. The summed E-state index contributed by atoms with van der Waals surface area (Å²) in [7, 11) is 0. The molecule has 0 aromatic heterocycles. The van der Waals surface area contributed by atoms with Crippen LogP contribution in [-0.4, -0.2) is 10.2 Å². The van der Waals surface area contributed by atoms with Gasteiger partial charge in [-0.3, -0.25) is 4.79 Å². The lowest BCUT2D eigenvalue weighted by Gasteiger charge is -2.59. The Labute approximate surface area is 145 Å². The number of carbonyl (C=O) groups is 1. The first kappa shape index (κ1) is 15.0. The van der Waals surface area contributed by atoms with Crippen LogP contribution in [0, 0.1) is 17.3 Å². The maximum Gasteiger partial charge on any atom is 0.226 e. The Morgan fingerprint density at radius 1 is 1.27 bits per heavy atom. The Hall–Kier alpha value is -0.540. The number of hydrogen-bond acceptors (Lipinski definition) is 1. The van der Waals surface area contributed by atoms with E-state index in [0.717, 1.165) is 41.7 Å². The van der Waals surface area contributed by atoms with Gasteiger partial charge in [-0.15, -0.1) is 0 Å². The predicted molar refractivity (Wildman–Crippen MR) is 92.1 cm³/mol. The molecule has 0 heterocycles. The standard InChI is InChI=1S/C18H21BrClNO/c19-18-8-13-4-14(9-18)7-17(6-13,11-18)16(22)21-10-12-2-1-3-15(20)5-12/h1-3,5,13-14H,4,6-11H2,(H,21,22). The summed E-state index contributed by atoms with van der Waals surface area (Å²) in [5, 5.41) is 3.91. The number of alkyl halides is 1. The summed E-state index contributed by atoms with van der Waals surface area (Å²) in [6.45, 7) is 0.575. The molecule has 4 aliphatic carbocycles. The SMILES string of the molecule is O=C(NCc1cccc(Cl)c1)C12CC3CC(CC(Br)(C3)C1)C2. The van der Waals surface area contributed by atoms with Crippen molar-refractivity contribution in [3.05, 3.63) is 34.9 Å². The summed E-state index contributed by atoms with van der Waals surface area (Å²) >= 11 is 9.98. The number of amides is 1. The number of hydrogen-bond donors (Lipinski definition) is 1. The van der Waals surface area contributed by atoms with Crippen molar-refractivity contribution in [2.75, 3.05) is 0 Å². The van der Waals surface area contributed by atoms with E-state index in [1.54, 1.807) is 0 Å². The average molecular weight is 383 g/mol. The van der Waals surface area contributed by atoms with Crippen LogP contribution in [-0.2, 0) is 11.3 Å². The average Bonchev–Trinajstić information content (AvgIpc) is 2.42. The molecule has 1 aromatic carbocycles. The molecule has 4 saturated carbocycles. The van der Waals surface area contributed by atoms with E-state index in [4.69, 9.17) is 11.6 Å². The van der Waals surface area contributed by atoms with E-state index in [1.807, 2.05) is 24.3 Å². The zero-order chi connectivity index (χ0) is 15.4. The maximum absolute atomic E-state index is 12.9. The van der Waals surface area contributed by atoms with Gasteiger partial charge in [-0.1, -0.05) is 39.7 Å². The Morgan fingerprint density at radius 2 is 2.00 bits per heavy atom. The number of carbonyl (C=O) groups excluding carboxylic acids is 1. The van der Waals surface area contributed by atoms with Gasteiger partial charge >= 0.3 is 0 Å². The van der Waals surface area contributed by atoms with Crippen LogP contribution in [0.15, 0.2) is 24.3 Å². The normalized spacial score (nSPS) is 39.0. The van der Waals surface area contributed by atoms with Crippen molar-refractivity contribution in [3.63, 3.8) is 0 Å². The second-order valence-electron chi connectivity index (χ2n) is 7.70. The fraction of sp³-hybridized carbons (Fsp3) is 0.611. The molecule has 2 nitrogen and oxygen atoms in total. The zero-order valence-electron chi connectivity index (χ0n) is 12.6. The second kappa shape index (κ2) is 5.24. The number of benzene rings is 1. The van der Waals surface area contributed by atoms with Gasteiger partial charge in [0.05, 0.1) is 5.41 Å². The van der Waals surface area contributed by atoms with E-state index < -0.39 is 0 Å². The number of halogens is 2. The van der Waals surface area contributed by atoms with Crippen LogP contribution >= 0.6 is 27.5 Å². The highest BCUT2D eigenvalue weighted by Gasteiger charge is 2.59. The van der Waals surface area contributed by atoms with Gasteiger partial charge < -0.3 is 5.32 Å². The van der Waals surface area contributed by atoms with E-state index in [-0.39, 0.29) is 15.6 Å². The Bertz CT molecular complexity index is 603. The molecular formula is C18H21BrClNO. The van der Waals surface area contributed by atoms with Gasteiger partial charge in [-0.2, -0.15) is 0 Å². The minimum atomic E-state index is -0.133. The highest BCUT2D eigenvalue weighted by Crippen LogP contribution is 2.64. The van der Waals surface area contributed by atoms with Crippen molar-refractivity contribution in [2.24, 2.45) is 17.3 Å². The lowest BCUT2D eigenvalue weighted by Crippen LogP contribution is -2.58. The summed E-state index contributed by atoms with van der Waals surface area (Å²) in [4.78, 5) is 12.9. The Morgan fingerprint density at radius 3 is 2.64 bits per heavy atom. The number of rotatable bonds is 3. The van der Waals surface area contributed by atoms with Gasteiger partial charge in [0.1, 0.15) is 0 Å². The van der Waals surface area contributed by atoms with Crippen molar-refractivity contribution in [1.29, 1.82) is 0 Å². The molecule has 1 amide bonds. The van der Waals surface area contributed by atoms with Crippen molar-refractivity contribution >= 4 is 33.4 Å². The van der Waals surface area contributed by atoms with Gasteiger partial charge in [-0.05, 0) is 68.1 Å². The fourth-order valence-electron chi connectivity index (χ4n) is 5.43. The largest absolute Gasteiger partial charge is 0.352 e. The molecule has 118 valence electrons. The van der Waals surface area contributed by atoms with Crippen molar-refractivity contribution in [3.8, 4) is 0 Å². The quantitative estimate of drug-likeness (QED) is 0.755. The molecule has 4 aliphatic rings. The molecule has 4 heteroatoms. The topological polar surface area (TPSA) is 29.1 Å². The molecule has 0 radical (unpaired) electrons. The summed E-state index contributed by atoms with van der Waals surface area (Å²) in [5.41, 5.74) is 0.936. The first-order chi connectivity index (χ1) is 10.5. The first-order valence-corrected chi connectivity index (χ1v) is 9.35. The molecule has 0 spiro atoms. The van der Waals surface area contributed by atoms with Crippen molar-refractivity contribution < 1.29 is 4.79 Å². The van der Waals surface area contributed by atoms with E-state index in [1.165, 1.54) is 19.3 Å². The molecule has 1 aromatic rings. The van der Waals surface area contributed by atoms with Crippen LogP contribution < -0.4 is 5.32 Å². The van der Waals surface area contributed by atoms with E-state index in [2.05, 4.69) is 21.2 Å². The highest BCUT2D eigenvalue weighted by atomic mass is 79.9. The highest BCUT2D eigenvalue weighted by molar-refractivity contribution is 9.10. The van der Waals surface area contributed by atoms with Gasteiger partial charge in [0.2, 0.25) is 5.91 Å². The van der Waals surface area contributed by atoms with Gasteiger partial charge in [0.25, 0.3) is 0 Å². The second-order valence-corrected chi connectivity index (χ2v) is 9.82. The van der Waals surface area contributed by atoms with E-state index >= 15 is 0 Å². The lowest BCUT2D eigenvalue weighted by molar-refractivity contribution is -0.144. The molecule has 0 aliphatic heterocycles. The lowest BCUT2D eigenvalue weighted by atomic mass is 9.49. The van der Waals surface area contributed by atoms with Crippen molar-refractivity contribution in [1.82, 2.24) is 5.32 Å². The molecule has 4 fully saturated rings. The van der Waals surface area contributed by atoms with Crippen LogP contribution in [0.3, 0.4) is 0 Å². The van der Waals surface area contributed by atoms with E-state index in [9.17, 15) is 4.79 Å². The van der Waals surface area contributed by atoms with Gasteiger partial charge in [-0.25, -0.2) is 0 Å². The molecule has 2 atom stereocenters. The van der Waals surface area contributed by atoms with Crippen LogP contribution in [0.5, 0.6) is 0 Å². The smallest absolute Gasteiger partial charge is 0.226 e. The third-order valence-corrected chi connectivity index (χ3v) is 6.98. The third-order valence-electron chi connectivity index (χ3n) is 5.81. The van der Waals surface area contributed by atoms with Crippen LogP contribution in [0.2, 0.25) is 5.02 Å². The molecule has 0 saturated heterocycles. The van der Waals surface area contributed by atoms with Crippen LogP contribution in [0.1, 0.15) is 44.1 Å². The minimum absolute atomic E-state index is 0.133. The fourth-order valence-corrected chi connectivity index (χ4v) is 7.10. The summed E-state index contributed by atoms with van der Waals surface area (Å²) in [5.74, 6) is 1.72.